The molecule has 2 N–H and O–H groups in total. The lowest BCUT2D eigenvalue weighted by molar-refractivity contribution is -0.0137. The molecule has 3 heterocycles. The standard InChI is InChI=1S/C30H40FN5O3/c1-20-7-9-24(10-8-20)36-26-18-27(39-16-15-35-13-11-22(12-14-35)30(2,3)38)32-19-25(26)33-29(36)34-28(37)21-5-4-6-23(31)17-21/h4-6,17-20,22,24,38H,7-16H2,1-3H3,(H,33,34,37). The van der Waals surface area contributed by atoms with E-state index in [4.69, 9.17) is 9.72 Å². The largest absolute Gasteiger partial charge is 0.476 e. The van der Waals surface area contributed by atoms with Gasteiger partial charge >= 0.3 is 0 Å². The van der Waals surface area contributed by atoms with Gasteiger partial charge in [-0.2, -0.15) is 0 Å². The number of aromatic nitrogens is 3. The van der Waals surface area contributed by atoms with Gasteiger partial charge in [0, 0.05) is 24.2 Å². The van der Waals surface area contributed by atoms with Crippen molar-refractivity contribution in [2.75, 3.05) is 31.6 Å². The van der Waals surface area contributed by atoms with Crippen molar-refractivity contribution in [1.29, 1.82) is 0 Å². The number of hydrogen-bond acceptors (Lipinski definition) is 6. The van der Waals surface area contributed by atoms with E-state index in [1.807, 2.05) is 19.9 Å². The number of likely N-dealkylation sites (tertiary alicyclic amines) is 1. The zero-order chi connectivity index (χ0) is 27.6. The number of carbonyl (C=O) groups is 1. The molecular weight excluding hydrogens is 497 g/mol. The van der Waals surface area contributed by atoms with Gasteiger partial charge in [-0.05, 0) is 95.5 Å². The number of hydrogen-bond donors (Lipinski definition) is 2. The molecule has 8 nitrogen and oxygen atoms in total. The zero-order valence-corrected chi connectivity index (χ0v) is 23.2. The van der Waals surface area contributed by atoms with E-state index in [1.165, 1.54) is 18.2 Å². The summed E-state index contributed by atoms with van der Waals surface area (Å²) in [6.45, 7) is 9.29. The molecule has 1 aliphatic heterocycles. The van der Waals surface area contributed by atoms with E-state index in [0.717, 1.165) is 63.7 Å². The molecule has 0 radical (unpaired) electrons. The Morgan fingerprint density at radius 2 is 1.90 bits per heavy atom. The van der Waals surface area contributed by atoms with E-state index in [1.54, 1.807) is 12.3 Å². The lowest BCUT2D eigenvalue weighted by Gasteiger charge is -2.37. The Hall–Kier alpha value is -3.04. The lowest BCUT2D eigenvalue weighted by atomic mass is 9.83. The molecule has 3 aromatic rings. The molecule has 2 aliphatic rings. The predicted octanol–water partition coefficient (Wildman–Crippen LogP) is 5.44. The first-order chi connectivity index (χ1) is 18.7. The summed E-state index contributed by atoms with van der Waals surface area (Å²) in [6, 6.07) is 7.78. The van der Waals surface area contributed by atoms with Gasteiger partial charge < -0.3 is 14.4 Å². The molecule has 1 aromatic carbocycles. The number of piperidine rings is 1. The normalized spacial score (nSPS) is 21.3. The van der Waals surface area contributed by atoms with Crippen LogP contribution in [-0.4, -0.2) is 62.3 Å². The Balaban J connectivity index is 1.31. The number of halogens is 1. The number of nitrogens with zero attached hydrogens (tertiary/aromatic N) is 4. The van der Waals surface area contributed by atoms with Gasteiger partial charge in [-0.1, -0.05) is 13.0 Å². The number of rotatable bonds is 8. The first-order valence-electron chi connectivity index (χ1n) is 14.2. The molecule has 0 unspecified atom stereocenters. The molecule has 1 saturated carbocycles. The van der Waals surface area contributed by atoms with Gasteiger partial charge in [0.2, 0.25) is 11.8 Å². The second-order valence-electron chi connectivity index (χ2n) is 11.8. The van der Waals surface area contributed by atoms with Crippen molar-refractivity contribution in [3.8, 4) is 5.88 Å². The highest BCUT2D eigenvalue weighted by molar-refractivity contribution is 6.04. The fourth-order valence-electron chi connectivity index (χ4n) is 5.96. The maximum Gasteiger partial charge on any atom is 0.258 e. The number of fused-ring (bicyclic) bond motifs is 1. The van der Waals surface area contributed by atoms with E-state index in [0.29, 0.717) is 35.8 Å². The first kappa shape index (κ1) is 27.5. The van der Waals surface area contributed by atoms with Crippen molar-refractivity contribution in [3.63, 3.8) is 0 Å². The summed E-state index contributed by atoms with van der Waals surface area (Å²) in [5.74, 6) is 1.14. The predicted molar refractivity (Wildman–Crippen MR) is 150 cm³/mol. The van der Waals surface area contributed by atoms with Crippen molar-refractivity contribution in [2.45, 2.75) is 70.9 Å². The van der Waals surface area contributed by atoms with Crippen LogP contribution in [0, 0.1) is 17.7 Å². The van der Waals surface area contributed by atoms with Crippen LogP contribution < -0.4 is 10.1 Å². The average molecular weight is 538 g/mol. The summed E-state index contributed by atoms with van der Waals surface area (Å²) >= 11 is 0. The monoisotopic (exact) mass is 537 g/mol. The number of carbonyl (C=O) groups excluding carboxylic acids is 1. The third-order valence-corrected chi connectivity index (χ3v) is 8.46. The maximum atomic E-state index is 13.7. The van der Waals surface area contributed by atoms with Gasteiger partial charge in [-0.25, -0.2) is 14.4 Å². The Bertz CT molecular complexity index is 1290. The minimum Gasteiger partial charge on any atom is -0.476 e. The smallest absolute Gasteiger partial charge is 0.258 e. The summed E-state index contributed by atoms with van der Waals surface area (Å²) < 4.78 is 21.9. The van der Waals surface area contributed by atoms with Gasteiger partial charge in [0.1, 0.15) is 17.9 Å². The number of anilines is 1. The number of benzene rings is 1. The van der Waals surface area contributed by atoms with Gasteiger partial charge in [-0.3, -0.25) is 15.0 Å². The fourth-order valence-corrected chi connectivity index (χ4v) is 5.96. The molecule has 0 spiro atoms. The first-order valence-corrected chi connectivity index (χ1v) is 14.2. The molecule has 9 heteroatoms. The SMILES string of the molecule is CC1CCC(n2c(NC(=O)c3cccc(F)c3)nc3cnc(OCCN4CCC(C(C)(C)O)CC4)cc32)CC1. The van der Waals surface area contributed by atoms with E-state index >= 15 is 0 Å². The molecule has 1 saturated heterocycles. The summed E-state index contributed by atoms with van der Waals surface area (Å²) in [4.78, 5) is 24.5. The van der Waals surface area contributed by atoms with Crippen LogP contribution in [-0.2, 0) is 0 Å². The van der Waals surface area contributed by atoms with Crippen LogP contribution >= 0.6 is 0 Å². The Morgan fingerprint density at radius 1 is 1.15 bits per heavy atom. The summed E-state index contributed by atoms with van der Waals surface area (Å²) in [7, 11) is 0. The Kier molecular flexibility index (Phi) is 8.19. The number of amides is 1. The van der Waals surface area contributed by atoms with Gasteiger partial charge in [0.15, 0.2) is 0 Å². The topological polar surface area (TPSA) is 92.5 Å². The molecule has 1 aliphatic carbocycles. The van der Waals surface area contributed by atoms with Crippen LogP contribution in [0.1, 0.15) is 75.7 Å². The molecule has 5 rings (SSSR count). The highest BCUT2D eigenvalue weighted by atomic mass is 19.1. The third kappa shape index (κ3) is 6.58. The Labute approximate surface area is 229 Å². The third-order valence-electron chi connectivity index (χ3n) is 8.46. The van der Waals surface area contributed by atoms with Crippen LogP contribution in [0.3, 0.4) is 0 Å². The van der Waals surface area contributed by atoms with E-state index in [9.17, 15) is 14.3 Å². The zero-order valence-electron chi connectivity index (χ0n) is 23.2. The number of pyridine rings is 1. The quantitative estimate of drug-likeness (QED) is 0.398. The van der Waals surface area contributed by atoms with E-state index < -0.39 is 17.3 Å². The van der Waals surface area contributed by atoms with Gasteiger partial charge in [0.05, 0.1) is 17.3 Å². The molecule has 210 valence electrons. The molecular formula is C30H40FN5O3. The lowest BCUT2D eigenvalue weighted by Crippen LogP contribution is -2.43. The van der Waals surface area contributed by atoms with Crippen LogP contribution in [0.15, 0.2) is 36.5 Å². The van der Waals surface area contributed by atoms with E-state index in [2.05, 4.69) is 26.7 Å². The molecule has 0 atom stereocenters. The highest BCUT2D eigenvalue weighted by Crippen LogP contribution is 2.37. The fraction of sp³-hybridized carbons (Fsp3) is 0.567. The minimum absolute atomic E-state index is 0.196. The number of nitrogens with one attached hydrogen (secondary N) is 1. The second-order valence-corrected chi connectivity index (χ2v) is 11.8. The summed E-state index contributed by atoms with van der Waals surface area (Å²) in [5, 5.41) is 13.2. The summed E-state index contributed by atoms with van der Waals surface area (Å²) in [6.07, 6.45) is 7.87. The molecule has 0 bridgehead atoms. The molecule has 2 fully saturated rings. The van der Waals surface area contributed by atoms with Crippen molar-refractivity contribution in [2.24, 2.45) is 11.8 Å². The molecule has 2 aromatic heterocycles. The van der Waals surface area contributed by atoms with Crippen molar-refractivity contribution >= 4 is 22.9 Å². The average Bonchev–Trinajstić information content (AvgIpc) is 3.26. The highest BCUT2D eigenvalue weighted by Gasteiger charge is 2.30. The maximum absolute atomic E-state index is 13.7. The Morgan fingerprint density at radius 3 is 2.59 bits per heavy atom. The van der Waals surface area contributed by atoms with Crippen LogP contribution in [0.5, 0.6) is 5.88 Å². The van der Waals surface area contributed by atoms with Crippen molar-refractivity contribution < 1.29 is 19.0 Å². The second kappa shape index (κ2) is 11.6. The van der Waals surface area contributed by atoms with Crippen LogP contribution in [0.25, 0.3) is 11.0 Å². The number of ether oxygens (including phenoxy) is 1. The van der Waals surface area contributed by atoms with Gasteiger partial charge in [0.25, 0.3) is 5.91 Å². The van der Waals surface area contributed by atoms with Gasteiger partial charge in [-0.15, -0.1) is 0 Å². The van der Waals surface area contributed by atoms with Crippen LogP contribution in [0.2, 0.25) is 0 Å². The van der Waals surface area contributed by atoms with E-state index in [-0.39, 0.29) is 11.6 Å². The number of imidazole rings is 1. The van der Waals surface area contributed by atoms with Crippen molar-refractivity contribution in [1.82, 2.24) is 19.4 Å². The molecule has 39 heavy (non-hydrogen) atoms. The minimum atomic E-state index is -0.628. The number of aliphatic hydroxyl groups is 1. The molecule has 1 amide bonds. The van der Waals surface area contributed by atoms with Crippen molar-refractivity contribution in [3.05, 3.63) is 47.9 Å². The summed E-state index contributed by atoms with van der Waals surface area (Å²) in [5.41, 5.74) is 1.18. The van der Waals surface area contributed by atoms with Crippen LogP contribution in [0.4, 0.5) is 10.3 Å².